The van der Waals surface area contributed by atoms with Crippen molar-refractivity contribution in [2.45, 2.75) is 18.8 Å². The zero-order chi connectivity index (χ0) is 11.8. The minimum absolute atomic E-state index is 0.0806. The minimum Gasteiger partial charge on any atom is -0.549 e. The number of carboxylic acid groups (broad SMARTS) is 2. The molecular weight excluding hydrogens is 208 g/mol. The van der Waals surface area contributed by atoms with Crippen LogP contribution in [0, 0.1) is 5.41 Å². The van der Waals surface area contributed by atoms with E-state index in [1.54, 1.807) is 30.3 Å². The molecule has 0 spiro atoms. The lowest BCUT2D eigenvalue weighted by Crippen LogP contribution is -2.61. The van der Waals surface area contributed by atoms with Crippen LogP contribution in [0.3, 0.4) is 0 Å². The van der Waals surface area contributed by atoms with Crippen LogP contribution in [0.2, 0.25) is 0 Å². The Hall–Kier alpha value is -1.84. The Kier molecular flexibility index (Phi) is 2.42. The molecule has 1 atom stereocenters. The van der Waals surface area contributed by atoms with Gasteiger partial charge in [0.05, 0.1) is 17.4 Å². The van der Waals surface area contributed by atoms with Crippen molar-refractivity contribution < 1.29 is 19.8 Å². The molecule has 84 valence electrons. The summed E-state index contributed by atoms with van der Waals surface area (Å²) < 4.78 is 0. The highest BCUT2D eigenvalue weighted by molar-refractivity contribution is 5.98. The molecule has 16 heavy (non-hydrogen) atoms. The Balaban J connectivity index is 2.38. The normalized spacial score (nSPS) is 22.1. The lowest BCUT2D eigenvalue weighted by molar-refractivity contribution is -0.350. The molecule has 0 N–H and O–H groups in total. The van der Waals surface area contributed by atoms with E-state index < -0.39 is 23.3 Å². The molecule has 4 nitrogen and oxygen atoms in total. The van der Waals surface area contributed by atoms with Crippen molar-refractivity contribution >= 4 is 11.9 Å². The fourth-order valence-corrected chi connectivity index (χ4v) is 2.29. The summed E-state index contributed by atoms with van der Waals surface area (Å²) in [4.78, 5) is 22.0. The summed E-state index contributed by atoms with van der Waals surface area (Å²) in [5.41, 5.74) is -1.14. The summed E-state index contributed by atoms with van der Waals surface area (Å²) in [6.45, 7) is 0. The van der Waals surface area contributed by atoms with E-state index in [0.717, 1.165) is 0 Å². The third-order valence-electron chi connectivity index (χ3n) is 3.35. The molecule has 1 aliphatic carbocycles. The maximum Gasteiger partial charge on any atom is 0.0563 e. The molecule has 0 heterocycles. The fourth-order valence-electron chi connectivity index (χ4n) is 2.29. The van der Waals surface area contributed by atoms with Crippen molar-refractivity contribution in [3.63, 3.8) is 0 Å². The molecule has 0 radical (unpaired) electrons. The molecule has 0 aliphatic heterocycles. The molecule has 4 heteroatoms. The second kappa shape index (κ2) is 3.63. The van der Waals surface area contributed by atoms with Crippen LogP contribution >= 0.6 is 0 Å². The quantitative estimate of drug-likeness (QED) is 0.612. The van der Waals surface area contributed by atoms with E-state index >= 15 is 0 Å². The number of rotatable bonds is 3. The first-order valence-corrected chi connectivity index (χ1v) is 5.07. The summed E-state index contributed by atoms with van der Waals surface area (Å²) in [5.74, 6) is -3.64. The molecule has 1 fully saturated rings. The van der Waals surface area contributed by atoms with Crippen molar-refractivity contribution in [1.82, 2.24) is 0 Å². The second-order valence-corrected chi connectivity index (χ2v) is 4.05. The number of carbonyl (C=O) groups excluding carboxylic acids is 2. The maximum atomic E-state index is 11.0. The largest absolute Gasteiger partial charge is 0.549 e. The fraction of sp³-hybridized carbons (Fsp3) is 0.333. The zero-order valence-corrected chi connectivity index (χ0v) is 8.51. The standard InChI is InChI=1S/C12H12O4/c13-10(14)12(11(15)16)7-6-9(12)8-4-2-1-3-5-8/h1-5,9H,6-7H2,(H,13,14)(H,15,16)/p-2. The van der Waals surface area contributed by atoms with Gasteiger partial charge >= 0.3 is 0 Å². The van der Waals surface area contributed by atoms with Gasteiger partial charge in [0.2, 0.25) is 0 Å². The molecule has 1 aliphatic rings. The van der Waals surface area contributed by atoms with Gasteiger partial charge in [-0.3, -0.25) is 0 Å². The Labute approximate surface area is 92.5 Å². The van der Waals surface area contributed by atoms with Crippen LogP contribution in [0.15, 0.2) is 30.3 Å². The SMILES string of the molecule is O=C([O-])C1(C(=O)[O-])CCC1c1ccccc1. The van der Waals surface area contributed by atoms with Crippen LogP contribution in [0.5, 0.6) is 0 Å². The van der Waals surface area contributed by atoms with E-state index in [9.17, 15) is 19.8 Å². The topological polar surface area (TPSA) is 80.3 Å². The molecule has 1 saturated carbocycles. The number of hydrogen-bond acceptors (Lipinski definition) is 4. The third-order valence-corrected chi connectivity index (χ3v) is 3.35. The summed E-state index contributed by atoms with van der Waals surface area (Å²) >= 11 is 0. The summed E-state index contributed by atoms with van der Waals surface area (Å²) in [7, 11) is 0. The van der Waals surface area contributed by atoms with Crippen LogP contribution in [0.1, 0.15) is 24.3 Å². The molecule has 1 aromatic carbocycles. The number of carbonyl (C=O) groups is 2. The van der Waals surface area contributed by atoms with Crippen LogP contribution in [-0.4, -0.2) is 11.9 Å². The van der Waals surface area contributed by atoms with Crippen molar-refractivity contribution in [3.05, 3.63) is 35.9 Å². The zero-order valence-electron chi connectivity index (χ0n) is 8.51. The molecule has 1 aromatic rings. The highest BCUT2D eigenvalue weighted by Crippen LogP contribution is 2.52. The van der Waals surface area contributed by atoms with Gasteiger partial charge in [-0.05, 0) is 18.4 Å². The van der Waals surface area contributed by atoms with Crippen LogP contribution in [0.25, 0.3) is 0 Å². The van der Waals surface area contributed by atoms with Gasteiger partial charge in [0.25, 0.3) is 0 Å². The van der Waals surface area contributed by atoms with E-state index in [0.29, 0.717) is 12.0 Å². The van der Waals surface area contributed by atoms with Crippen molar-refractivity contribution in [2.75, 3.05) is 0 Å². The predicted molar refractivity (Wildman–Crippen MR) is 50.9 cm³/mol. The second-order valence-electron chi connectivity index (χ2n) is 4.05. The average molecular weight is 218 g/mol. The van der Waals surface area contributed by atoms with E-state index in [1.807, 2.05) is 0 Å². The molecule has 0 saturated heterocycles. The Bertz CT molecular complexity index is 410. The summed E-state index contributed by atoms with van der Waals surface area (Å²) in [6.07, 6.45) is 0.614. The molecule has 1 unspecified atom stereocenters. The van der Waals surface area contributed by atoms with Crippen LogP contribution in [-0.2, 0) is 9.59 Å². The van der Waals surface area contributed by atoms with Crippen LogP contribution < -0.4 is 10.2 Å². The number of carboxylic acids is 2. The average Bonchev–Trinajstić information content (AvgIpc) is 2.16. The van der Waals surface area contributed by atoms with E-state index in [-0.39, 0.29) is 6.42 Å². The Morgan fingerprint density at radius 3 is 2.06 bits per heavy atom. The van der Waals surface area contributed by atoms with Gasteiger partial charge in [0, 0.05) is 5.92 Å². The maximum absolute atomic E-state index is 11.0. The molecule has 0 aromatic heterocycles. The smallest absolute Gasteiger partial charge is 0.0563 e. The lowest BCUT2D eigenvalue weighted by Gasteiger charge is -2.51. The molecule has 0 bridgehead atoms. The number of hydrogen-bond donors (Lipinski definition) is 0. The van der Waals surface area contributed by atoms with Gasteiger partial charge < -0.3 is 19.8 Å². The first-order valence-electron chi connectivity index (χ1n) is 5.07. The van der Waals surface area contributed by atoms with Crippen LogP contribution in [0.4, 0.5) is 0 Å². The number of benzene rings is 1. The van der Waals surface area contributed by atoms with E-state index in [1.165, 1.54) is 0 Å². The minimum atomic E-state index is -1.85. The number of aliphatic carboxylic acids is 2. The highest BCUT2D eigenvalue weighted by atomic mass is 16.4. The molecule has 0 amide bonds. The highest BCUT2D eigenvalue weighted by Gasteiger charge is 2.50. The lowest BCUT2D eigenvalue weighted by atomic mass is 9.57. The Morgan fingerprint density at radius 1 is 1.12 bits per heavy atom. The molecule has 2 rings (SSSR count). The molecular formula is C12H10O4-2. The van der Waals surface area contributed by atoms with Gasteiger partial charge in [-0.1, -0.05) is 30.3 Å². The summed E-state index contributed by atoms with van der Waals surface area (Å²) in [6, 6.07) is 8.75. The van der Waals surface area contributed by atoms with Crippen molar-refractivity contribution in [1.29, 1.82) is 0 Å². The van der Waals surface area contributed by atoms with Gasteiger partial charge in [-0.2, -0.15) is 0 Å². The van der Waals surface area contributed by atoms with E-state index in [2.05, 4.69) is 0 Å². The first kappa shape index (κ1) is 10.7. The van der Waals surface area contributed by atoms with E-state index in [4.69, 9.17) is 0 Å². The van der Waals surface area contributed by atoms with Gasteiger partial charge in [0.1, 0.15) is 0 Å². The predicted octanol–water partition coefficient (Wildman–Crippen LogP) is -0.950. The third kappa shape index (κ3) is 1.30. The van der Waals surface area contributed by atoms with Gasteiger partial charge in [0.15, 0.2) is 0 Å². The van der Waals surface area contributed by atoms with Crippen molar-refractivity contribution in [3.8, 4) is 0 Å². The monoisotopic (exact) mass is 218 g/mol. The van der Waals surface area contributed by atoms with Crippen molar-refractivity contribution in [2.24, 2.45) is 5.41 Å². The van der Waals surface area contributed by atoms with Gasteiger partial charge in [-0.25, -0.2) is 0 Å². The first-order chi connectivity index (χ1) is 7.59. The van der Waals surface area contributed by atoms with Gasteiger partial charge in [-0.15, -0.1) is 0 Å². The Morgan fingerprint density at radius 2 is 1.69 bits per heavy atom. The summed E-state index contributed by atoms with van der Waals surface area (Å²) in [5, 5.41) is 22.0.